The van der Waals surface area contributed by atoms with Crippen LogP contribution in [0.4, 0.5) is 8.78 Å². The minimum absolute atomic E-state index is 0.0683. The predicted octanol–water partition coefficient (Wildman–Crippen LogP) is 1.03. The SMILES string of the molecule is NS(=O)(=O)c1cc(C(=O)N2CCCCC2)n(CC(F)F)c1. The molecule has 1 amide bonds. The van der Waals surface area contributed by atoms with Crippen LogP contribution >= 0.6 is 0 Å². The van der Waals surface area contributed by atoms with Crippen LogP contribution in [-0.4, -0.2) is 43.3 Å². The second-order valence-corrected chi connectivity index (χ2v) is 6.56. The first-order chi connectivity index (χ1) is 9.79. The molecule has 0 aliphatic carbocycles. The van der Waals surface area contributed by atoms with E-state index in [-0.39, 0.29) is 10.6 Å². The van der Waals surface area contributed by atoms with Crippen LogP contribution in [0, 0.1) is 0 Å². The third-order valence-electron chi connectivity index (χ3n) is 3.40. The molecule has 6 nitrogen and oxygen atoms in total. The van der Waals surface area contributed by atoms with E-state index >= 15 is 0 Å². The molecule has 118 valence electrons. The number of sulfonamides is 1. The lowest BCUT2D eigenvalue weighted by Gasteiger charge is -2.27. The maximum absolute atomic E-state index is 12.6. The Kier molecular flexibility index (Phi) is 4.62. The maximum Gasteiger partial charge on any atom is 0.270 e. The van der Waals surface area contributed by atoms with E-state index < -0.39 is 28.9 Å². The zero-order valence-corrected chi connectivity index (χ0v) is 12.2. The van der Waals surface area contributed by atoms with Gasteiger partial charge < -0.3 is 9.47 Å². The fourth-order valence-corrected chi connectivity index (χ4v) is 2.93. The van der Waals surface area contributed by atoms with Gasteiger partial charge in [0.1, 0.15) is 10.6 Å². The van der Waals surface area contributed by atoms with Gasteiger partial charge in [0.05, 0.1) is 6.54 Å². The molecule has 1 aromatic rings. The maximum atomic E-state index is 12.6. The number of carbonyl (C=O) groups is 1. The summed E-state index contributed by atoms with van der Waals surface area (Å²) in [6.45, 7) is 0.344. The average Bonchev–Trinajstić information content (AvgIpc) is 2.82. The fraction of sp³-hybridized carbons (Fsp3) is 0.583. The largest absolute Gasteiger partial charge is 0.337 e. The summed E-state index contributed by atoms with van der Waals surface area (Å²) < 4.78 is 48.8. The van der Waals surface area contributed by atoms with E-state index in [0.29, 0.717) is 13.1 Å². The highest BCUT2D eigenvalue weighted by molar-refractivity contribution is 7.89. The summed E-state index contributed by atoms with van der Waals surface area (Å²) in [4.78, 5) is 13.6. The number of likely N-dealkylation sites (tertiary alicyclic amines) is 1. The van der Waals surface area contributed by atoms with Crippen molar-refractivity contribution in [2.24, 2.45) is 5.14 Å². The number of piperidine rings is 1. The van der Waals surface area contributed by atoms with E-state index in [1.54, 1.807) is 4.90 Å². The second-order valence-electron chi connectivity index (χ2n) is 5.00. The van der Waals surface area contributed by atoms with Crippen molar-refractivity contribution in [2.75, 3.05) is 13.1 Å². The molecule has 0 unspecified atom stereocenters. The molecule has 1 aliphatic heterocycles. The van der Waals surface area contributed by atoms with Crippen LogP contribution in [0.3, 0.4) is 0 Å². The number of alkyl halides is 2. The molecule has 1 aliphatic rings. The van der Waals surface area contributed by atoms with E-state index in [4.69, 9.17) is 5.14 Å². The van der Waals surface area contributed by atoms with Gasteiger partial charge in [-0.05, 0) is 25.3 Å². The number of halogens is 2. The Hall–Kier alpha value is -1.48. The van der Waals surface area contributed by atoms with E-state index in [2.05, 4.69) is 0 Å². The van der Waals surface area contributed by atoms with Crippen molar-refractivity contribution in [3.05, 3.63) is 18.0 Å². The van der Waals surface area contributed by atoms with Gasteiger partial charge in [0, 0.05) is 19.3 Å². The smallest absolute Gasteiger partial charge is 0.270 e. The molecular weight excluding hydrogens is 304 g/mol. The minimum atomic E-state index is -4.04. The molecule has 0 radical (unpaired) electrons. The molecule has 0 atom stereocenters. The first-order valence-corrected chi connectivity index (χ1v) is 8.14. The van der Waals surface area contributed by atoms with Crippen LogP contribution in [0.1, 0.15) is 29.8 Å². The molecule has 0 spiro atoms. The van der Waals surface area contributed by atoms with Gasteiger partial charge in [-0.25, -0.2) is 22.3 Å². The predicted molar refractivity (Wildman–Crippen MR) is 71.6 cm³/mol. The first-order valence-electron chi connectivity index (χ1n) is 6.59. The molecule has 2 heterocycles. The van der Waals surface area contributed by atoms with E-state index in [0.717, 1.165) is 36.1 Å². The molecule has 2 rings (SSSR count). The summed E-state index contributed by atoms with van der Waals surface area (Å²) >= 11 is 0. The van der Waals surface area contributed by atoms with Crippen molar-refractivity contribution in [3.8, 4) is 0 Å². The van der Waals surface area contributed by atoms with Crippen molar-refractivity contribution in [1.82, 2.24) is 9.47 Å². The summed E-state index contributed by atoms with van der Waals surface area (Å²) in [6, 6.07) is 1.06. The Bertz CT molecular complexity index is 622. The Labute approximate surface area is 121 Å². The molecule has 0 saturated carbocycles. The number of rotatable bonds is 4. The minimum Gasteiger partial charge on any atom is -0.337 e. The molecule has 1 saturated heterocycles. The molecule has 1 fully saturated rings. The number of nitrogens with zero attached hydrogens (tertiary/aromatic N) is 2. The van der Waals surface area contributed by atoms with E-state index in [1.807, 2.05) is 0 Å². The van der Waals surface area contributed by atoms with E-state index in [9.17, 15) is 22.0 Å². The normalized spacial score (nSPS) is 16.5. The van der Waals surface area contributed by atoms with Gasteiger partial charge in [-0.2, -0.15) is 0 Å². The van der Waals surface area contributed by atoms with Crippen molar-refractivity contribution >= 4 is 15.9 Å². The number of hydrogen-bond acceptors (Lipinski definition) is 3. The topological polar surface area (TPSA) is 85.4 Å². The highest BCUT2D eigenvalue weighted by atomic mass is 32.2. The van der Waals surface area contributed by atoms with Crippen LogP contribution in [0.2, 0.25) is 0 Å². The lowest BCUT2D eigenvalue weighted by molar-refractivity contribution is 0.0704. The highest BCUT2D eigenvalue weighted by Crippen LogP contribution is 2.19. The van der Waals surface area contributed by atoms with Gasteiger partial charge in [0.15, 0.2) is 0 Å². The molecule has 0 bridgehead atoms. The highest BCUT2D eigenvalue weighted by Gasteiger charge is 2.25. The van der Waals surface area contributed by atoms with Gasteiger partial charge >= 0.3 is 0 Å². The van der Waals surface area contributed by atoms with Crippen LogP contribution in [0.5, 0.6) is 0 Å². The number of primary sulfonamides is 1. The summed E-state index contributed by atoms with van der Waals surface area (Å²) in [5.74, 6) is -0.440. The fourth-order valence-electron chi connectivity index (χ4n) is 2.38. The zero-order chi connectivity index (χ0) is 15.6. The molecule has 9 heteroatoms. The Morgan fingerprint density at radius 3 is 2.43 bits per heavy atom. The number of carbonyl (C=O) groups excluding carboxylic acids is 1. The quantitative estimate of drug-likeness (QED) is 0.898. The Morgan fingerprint density at radius 2 is 1.90 bits per heavy atom. The van der Waals surface area contributed by atoms with Crippen LogP contribution in [0.15, 0.2) is 17.2 Å². The lowest BCUT2D eigenvalue weighted by atomic mass is 10.1. The molecule has 1 aromatic heterocycles. The Balaban J connectivity index is 2.35. The summed E-state index contributed by atoms with van der Waals surface area (Å²) in [5.41, 5.74) is -0.0683. The third kappa shape index (κ3) is 3.79. The van der Waals surface area contributed by atoms with Gasteiger partial charge in [0.2, 0.25) is 10.0 Å². The lowest BCUT2D eigenvalue weighted by Crippen LogP contribution is -2.36. The molecule has 2 N–H and O–H groups in total. The Morgan fingerprint density at radius 1 is 1.29 bits per heavy atom. The monoisotopic (exact) mass is 321 g/mol. The van der Waals surface area contributed by atoms with Gasteiger partial charge in [0.25, 0.3) is 12.3 Å². The molecular formula is C12H17F2N3O3S. The van der Waals surface area contributed by atoms with Crippen molar-refractivity contribution in [2.45, 2.75) is 37.1 Å². The zero-order valence-electron chi connectivity index (χ0n) is 11.3. The number of nitrogens with two attached hydrogens (primary N) is 1. The molecule has 21 heavy (non-hydrogen) atoms. The van der Waals surface area contributed by atoms with Gasteiger partial charge in [-0.3, -0.25) is 4.79 Å². The summed E-state index contributed by atoms with van der Waals surface area (Å²) in [6.07, 6.45) is 1.01. The average molecular weight is 321 g/mol. The number of aromatic nitrogens is 1. The molecule has 0 aromatic carbocycles. The summed E-state index contributed by atoms with van der Waals surface area (Å²) in [7, 11) is -4.04. The van der Waals surface area contributed by atoms with Crippen LogP contribution in [-0.2, 0) is 16.6 Å². The van der Waals surface area contributed by atoms with Gasteiger partial charge in [-0.1, -0.05) is 0 Å². The number of hydrogen-bond donors (Lipinski definition) is 1. The van der Waals surface area contributed by atoms with Crippen molar-refractivity contribution in [3.63, 3.8) is 0 Å². The van der Waals surface area contributed by atoms with Crippen molar-refractivity contribution in [1.29, 1.82) is 0 Å². The van der Waals surface area contributed by atoms with Crippen LogP contribution in [0.25, 0.3) is 0 Å². The second kappa shape index (κ2) is 6.10. The number of amides is 1. The standard InChI is InChI=1S/C12H17F2N3O3S/c13-11(14)8-17-7-9(21(15,19)20)6-10(17)12(18)16-4-2-1-3-5-16/h6-7,11H,1-5,8H2,(H2,15,19,20). The van der Waals surface area contributed by atoms with Crippen LogP contribution < -0.4 is 5.14 Å². The van der Waals surface area contributed by atoms with E-state index in [1.165, 1.54) is 0 Å². The summed E-state index contributed by atoms with van der Waals surface area (Å²) in [5, 5.41) is 4.99. The third-order valence-corrected chi connectivity index (χ3v) is 4.28. The van der Waals surface area contributed by atoms with Crippen molar-refractivity contribution < 1.29 is 22.0 Å². The first kappa shape index (κ1) is 15.9. The van der Waals surface area contributed by atoms with Gasteiger partial charge in [-0.15, -0.1) is 0 Å².